The van der Waals surface area contributed by atoms with Crippen molar-refractivity contribution in [3.8, 4) is 22.8 Å². The summed E-state index contributed by atoms with van der Waals surface area (Å²) in [6.07, 6.45) is 0. The molecule has 0 saturated heterocycles. The summed E-state index contributed by atoms with van der Waals surface area (Å²) in [4.78, 5) is 12.4. The van der Waals surface area contributed by atoms with Gasteiger partial charge in [-0.25, -0.2) is 0 Å². The Hall–Kier alpha value is -2.75. The third kappa shape index (κ3) is 1.91. The van der Waals surface area contributed by atoms with E-state index in [4.69, 9.17) is 9.15 Å². The van der Waals surface area contributed by atoms with Gasteiger partial charge in [-0.05, 0) is 24.3 Å². The summed E-state index contributed by atoms with van der Waals surface area (Å²) in [6.45, 7) is 0. The van der Waals surface area contributed by atoms with Crippen molar-refractivity contribution in [1.82, 2.24) is 0 Å². The quantitative estimate of drug-likeness (QED) is 0.775. The van der Waals surface area contributed by atoms with Crippen molar-refractivity contribution >= 4 is 11.0 Å². The van der Waals surface area contributed by atoms with Gasteiger partial charge in [0.1, 0.15) is 11.3 Å². The molecule has 4 nitrogen and oxygen atoms in total. The van der Waals surface area contributed by atoms with Crippen molar-refractivity contribution in [3.05, 3.63) is 58.8 Å². The van der Waals surface area contributed by atoms with E-state index < -0.39 is 0 Å². The van der Waals surface area contributed by atoms with E-state index in [0.29, 0.717) is 22.3 Å². The first kappa shape index (κ1) is 12.3. The van der Waals surface area contributed by atoms with Gasteiger partial charge in [-0.2, -0.15) is 0 Å². The number of ether oxygens (including phenoxy) is 1. The maximum Gasteiger partial charge on any atom is 0.235 e. The molecule has 1 N–H and O–H groups in total. The Morgan fingerprint density at radius 1 is 1.10 bits per heavy atom. The van der Waals surface area contributed by atoms with Crippen molar-refractivity contribution in [2.45, 2.75) is 0 Å². The van der Waals surface area contributed by atoms with Gasteiger partial charge in [0.25, 0.3) is 0 Å². The number of para-hydroxylation sites is 1. The lowest BCUT2D eigenvalue weighted by atomic mass is 10.1. The number of hydrogen-bond donors (Lipinski definition) is 1. The molecular weight excluding hydrogens is 256 g/mol. The maximum atomic E-state index is 12.4. The molecule has 1 heterocycles. The van der Waals surface area contributed by atoms with Crippen LogP contribution in [0.1, 0.15) is 0 Å². The number of rotatable bonds is 2. The number of aromatic hydroxyl groups is 1. The van der Waals surface area contributed by atoms with Gasteiger partial charge in [-0.3, -0.25) is 4.79 Å². The Morgan fingerprint density at radius 2 is 1.90 bits per heavy atom. The van der Waals surface area contributed by atoms with Crippen LogP contribution in [0, 0.1) is 0 Å². The van der Waals surface area contributed by atoms with Gasteiger partial charge in [0.05, 0.1) is 12.5 Å². The Morgan fingerprint density at radius 3 is 2.65 bits per heavy atom. The smallest absolute Gasteiger partial charge is 0.235 e. The molecule has 0 saturated carbocycles. The lowest BCUT2D eigenvalue weighted by molar-refractivity contribution is 0.398. The van der Waals surface area contributed by atoms with E-state index in [0.717, 1.165) is 0 Å². The topological polar surface area (TPSA) is 59.7 Å². The SMILES string of the molecule is COc1c(-c2cccc(O)c2)oc2ccccc2c1=O. The van der Waals surface area contributed by atoms with Crippen LogP contribution in [0.2, 0.25) is 0 Å². The summed E-state index contributed by atoms with van der Waals surface area (Å²) < 4.78 is 11.0. The van der Waals surface area contributed by atoms with Crippen molar-refractivity contribution < 1.29 is 14.3 Å². The molecule has 4 heteroatoms. The first-order valence-corrected chi connectivity index (χ1v) is 6.10. The zero-order chi connectivity index (χ0) is 14.1. The van der Waals surface area contributed by atoms with Crippen molar-refractivity contribution in [2.24, 2.45) is 0 Å². The van der Waals surface area contributed by atoms with Crippen LogP contribution in [-0.2, 0) is 0 Å². The maximum absolute atomic E-state index is 12.4. The fraction of sp³-hybridized carbons (Fsp3) is 0.0625. The van der Waals surface area contributed by atoms with Gasteiger partial charge in [0.15, 0.2) is 5.76 Å². The molecule has 20 heavy (non-hydrogen) atoms. The van der Waals surface area contributed by atoms with Gasteiger partial charge in [0.2, 0.25) is 11.2 Å². The first-order valence-electron chi connectivity index (χ1n) is 6.10. The third-order valence-corrected chi connectivity index (χ3v) is 3.07. The van der Waals surface area contributed by atoms with Crippen LogP contribution in [0.25, 0.3) is 22.3 Å². The van der Waals surface area contributed by atoms with Crippen LogP contribution >= 0.6 is 0 Å². The van der Waals surface area contributed by atoms with E-state index in [1.807, 2.05) is 0 Å². The van der Waals surface area contributed by atoms with E-state index in [9.17, 15) is 9.90 Å². The Balaban J connectivity index is 2.38. The highest BCUT2D eigenvalue weighted by atomic mass is 16.5. The number of fused-ring (bicyclic) bond motifs is 1. The monoisotopic (exact) mass is 268 g/mol. The van der Waals surface area contributed by atoms with Gasteiger partial charge in [0, 0.05) is 5.56 Å². The minimum atomic E-state index is -0.229. The molecule has 0 radical (unpaired) electrons. The molecule has 0 amide bonds. The number of benzene rings is 2. The van der Waals surface area contributed by atoms with Crippen LogP contribution in [0.15, 0.2) is 57.7 Å². The molecule has 1 aromatic heterocycles. The molecule has 2 aromatic carbocycles. The number of phenols is 1. The highest BCUT2D eigenvalue weighted by Crippen LogP contribution is 2.31. The molecule has 0 bridgehead atoms. The number of phenolic OH excluding ortho intramolecular Hbond substituents is 1. The minimum absolute atomic E-state index is 0.0976. The summed E-state index contributed by atoms with van der Waals surface area (Å²) in [5.41, 5.74) is 0.842. The summed E-state index contributed by atoms with van der Waals surface area (Å²) in [6, 6.07) is 13.5. The molecule has 0 aliphatic carbocycles. The molecule has 3 rings (SSSR count). The zero-order valence-corrected chi connectivity index (χ0v) is 10.8. The second-order valence-corrected chi connectivity index (χ2v) is 4.34. The molecular formula is C16H12O4. The van der Waals surface area contributed by atoms with Crippen molar-refractivity contribution in [2.75, 3.05) is 7.11 Å². The molecule has 100 valence electrons. The second kappa shape index (κ2) is 4.74. The molecule has 0 atom stereocenters. The normalized spacial score (nSPS) is 10.7. The van der Waals surface area contributed by atoms with Crippen LogP contribution in [-0.4, -0.2) is 12.2 Å². The Bertz CT molecular complexity index is 833. The minimum Gasteiger partial charge on any atom is -0.508 e. The summed E-state index contributed by atoms with van der Waals surface area (Å²) >= 11 is 0. The Labute approximate surface area is 114 Å². The van der Waals surface area contributed by atoms with Crippen LogP contribution in [0.4, 0.5) is 0 Å². The molecule has 0 fully saturated rings. The second-order valence-electron chi connectivity index (χ2n) is 4.34. The van der Waals surface area contributed by atoms with E-state index in [1.165, 1.54) is 13.2 Å². The molecule has 0 aliphatic heterocycles. The van der Waals surface area contributed by atoms with Crippen LogP contribution in [0.3, 0.4) is 0 Å². The van der Waals surface area contributed by atoms with Crippen LogP contribution < -0.4 is 10.2 Å². The average Bonchev–Trinajstić information content (AvgIpc) is 2.47. The molecule has 0 unspecified atom stereocenters. The number of methoxy groups -OCH3 is 1. The van der Waals surface area contributed by atoms with Crippen LogP contribution in [0.5, 0.6) is 11.5 Å². The van der Waals surface area contributed by atoms with E-state index in [2.05, 4.69) is 0 Å². The van der Waals surface area contributed by atoms with E-state index >= 15 is 0 Å². The van der Waals surface area contributed by atoms with Gasteiger partial charge < -0.3 is 14.3 Å². The lowest BCUT2D eigenvalue weighted by Gasteiger charge is -2.09. The Kier molecular flexibility index (Phi) is 2.91. The molecule has 0 aliphatic rings. The van der Waals surface area contributed by atoms with Gasteiger partial charge in [-0.1, -0.05) is 24.3 Å². The highest BCUT2D eigenvalue weighted by Gasteiger charge is 2.16. The van der Waals surface area contributed by atoms with Gasteiger partial charge in [-0.15, -0.1) is 0 Å². The van der Waals surface area contributed by atoms with Gasteiger partial charge >= 0.3 is 0 Å². The fourth-order valence-corrected chi connectivity index (χ4v) is 2.15. The first-order chi connectivity index (χ1) is 9.70. The largest absolute Gasteiger partial charge is 0.508 e. The lowest BCUT2D eigenvalue weighted by Crippen LogP contribution is -2.07. The predicted molar refractivity (Wildman–Crippen MR) is 76.1 cm³/mol. The third-order valence-electron chi connectivity index (χ3n) is 3.07. The summed E-state index contributed by atoms with van der Waals surface area (Å²) in [5, 5.41) is 10.0. The highest BCUT2D eigenvalue weighted by molar-refractivity contribution is 5.82. The number of hydrogen-bond acceptors (Lipinski definition) is 4. The standard InChI is InChI=1S/C16H12O4/c1-19-16-14(18)12-7-2-3-8-13(12)20-15(16)10-5-4-6-11(17)9-10/h2-9,17H,1H3. The molecule has 0 spiro atoms. The average molecular weight is 268 g/mol. The van der Waals surface area contributed by atoms with E-state index in [1.54, 1.807) is 42.5 Å². The van der Waals surface area contributed by atoms with E-state index in [-0.39, 0.29) is 16.9 Å². The zero-order valence-electron chi connectivity index (χ0n) is 10.8. The molecule has 3 aromatic rings. The summed E-state index contributed by atoms with van der Waals surface area (Å²) in [5.74, 6) is 0.543. The van der Waals surface area contributed by atoms with Crippen molar-refractivity contribution in [3.63, 3.8) is 0 Å². The predicted octanol–water partition coefficient (Wildman–Crippen LogP) is 3.17. The summed E-state index contributed by atoms with van der Waals surface area (Å²) in [7, 11) is 1.42. The van der Waals surface area contributed by atoms with Crippen molar-refractivity contribution in [1.29, 1.82) is 0 Å². The fourth-order valence-electron chi connectivity index (χ4n) is 2.15.